The smallest absolute Gasteiger partial charge is 0.332 e. The van der Waals surface area contributed by atoms with Gasteiger partial charge in [0, 0.05) is 6.92 Å². The minimum absolute atomic E-state index is 0.167. The lowest BCUT2D eigenvalue weighted by atomic mass is 9.96. The third-order valence-corrected chi connectivity index (χ3v) is 4.11. The molecule has 0 radical (unpaired) electrons. The van der Waals surface area contributed by atoms with Gasteiger partial charge in [0.25, 0.3) is 11.4 Å². The monoisotopic (exact) mass is 323 g/mol. The number of urea groups is 1. The van der Waals surface area contributed by atoms with Crippen LogP contribution in [0.1, 0.15) is 39.2 Å². The van der Waals surface area contributed by atoms with Gasteiger partial charge in [-0.05, 0) is 39.8 Å². The van der Waals surface area contributed by atoms with Crippen LogP contribution in [0.5, 0.6) is 0 Å². The highest BCUT2D eigenvalue weighted by Gasteiger charge is 2.62. The summed E-state index contributed by atoms with van der Waals surface area (Å²) in [7, 11) is 0. The van der Waals surface area contributed by atoms with E-state index in [9.17, 15) is 15.2 Å². The van der Waals surface area contributed by atoms with Crippen LogP contribution in [-0.2, 0) is 0 Å². The molecule has 0 aromatic carbocycles. The zero-order valence-corrected chi connectivity index (χ0v) is 13.7. The third kappa shape index (κ3) is 2.47. The van der Waals surface area contributed by atoms with Gasteiger partial charge in [0.1, 0.15) is 17.0 Å². The van der Waals surface area contributed by atoms with Crippen LogP contribution in [0.4, 0.5) is 4.79 Å². The summed E-state index contributed by atoms with van der Waals surface area (Å²) >= 11 is 0. The average molecular weight is 323 g/mol. The molecule has 0 aliphatic carbocycles. The fourth-order valence-corrected chi connectivity index (χ4v) is 2.71. The second-order valence-electron chi connectivity index (χ2n) is 6.12. The quantitative estimate of drug-likeness (QED) is 0.332. The predicted octanol–water partition coefficient (Wildman–Crippen LogP) is 1.13. The van der Waals surface area contributed by atoms with Gasteiger partial charge in [-0.15, -0.1) is 5.06 Å². The Labute approximate surface area is 133 Å². The van der Waals surface area contributed by atoms with E-state index < -0.39 is 17.2 Å². The number of nitrogens with one attached hydrogen (secondary N) is 1. The molecule has 1 aliphatic rings. The SMILES string of the molecule is CC(=NNC(N)=O)C1(C)N(O)C(C)(C)C(c2ccc(C)o2)=[N+]1[O-]. The molecule has 1 aromatic rings. The summed E-state index contributed by atoms with van der Waals surface area (Å²) in [4.78, 5) is 10.8. The number of amides is 2. The van der Waals surface area contributed by atoms with Crippen LogP contribution >= 0.6 is 0 Å². The van der Waals surface area contributed by atoms with E-state index in [1.54, 1.807) is 32.9 Å². The first-order valence-corrected chi connectivity index (χ1v) is 7.04. The van der Waals surface area contributed by atoms with Crippen LogP contribution in [0.3, 0.4) is 0 Å². The molecule has 1 aliphatic heterocycles. The van der Waals surface area contributed by atoms with Gasteiger partial charge in [-0.2, -0.15) is 9.84 Å². The van der Waals surface area contributed by atoms with E-state index in [1.807, 2.05) is 0 Å². The minimum atomic E-state index is -1.53. The number of hydrogen-bond donors (Lipinski definition) is 3. The van der Waals surface area contributed by atoms with Gasteiger partial charge >= 0.3 is 6.03 Å². The Morgan fingerprint density at radius 1 is 1.48 bits per heavy atom. The lowest BCUT2D eigenvalue weighted by Gasteiger charge is -2.32. The summed E-state index contributed by atoms with van der Waals surface area (Å²) in [5, 5.41) is 28.2. The van der Waals surface area contributed by atoms with Crippen molar-refractivity contribution in [1.82, 2.24) is 10.5 Å². The largest absolute Gasteiger partial charge is 0.622 e. The van der Waals surface area contributed by atoms with Crippen LogP contribution in [0.2, 0.25) is 0 Å². The van der Waals surface area contributed by atoms with Crippen molar-refractivity contribution in [2.75, 3.05) is 0 Å². The number of carbonyl (C=O) groups excluding carboxylic acids is 1. The van der Waals surface area contributed by atoms with Crippen molar-refractivity contribution < 1.29 is 19.2 Å². The Balaban J connectivity index is 2.59. The highest BCUT2D eigenvalue weighted by molar-refractivity contribution is 6.05. The number of nitrogens with two attached hydrogens (primary N) is 1. The first-order valence-electron chi connectivity index (χ1n) is 7.04. The molecule has 4 N–H and O–H groups in total. The summed E-state index contributed by atoms with van der Waals surface area (Å²) in [6.45, 7) is 8.14. The standard InChI is InChI=1S/C14H21N5O4/c1-8-6-7-10(23-8)11-13(3,4)19(22)14(5,18(11)21)9(2)16-17-12(15)20/h6-7,22H,1-5H3,(H3,15,17,20). The van der Waals surface area contributed by atoms with Crippen molar-refractivity contribution in [1.29, 1.82) is 0 Å². The van der Waals surface area contributed by atoms with Gasteiger partial charge in [-0.3, -0.25) is 0 Å². The first-order chi connectivity index (χ1) is 10.5. The zero-order valence-electron chi connectivity index (χ0n) is 13.7. The van der Waals surface area contributed by atoms with Gasteiger partial charge in [0.2, 0.25) is 0 Å². The summed E-state index contributed by atoms with van der Waals surface area (Å²) in [5.74, 6) is 1.01. The maximum absolute atomic E-state index is 12.9. The van der Waals surface area contributed by atoms with Crippen molar-refractivity contribution in [3.8, 4) is 0 Å². The van der Waals surface area contributed by atoms with Gasteiger partial charge in [-0.25, -0.2) is 10.2 Å². The Kier molecular flexibility index (Phi) is 3.95. The first kappa shape index (κ1) is 17.0. The van der Waals surface area contributed by atoms with E-state index in [1.165, 1.54) is 13.8 Å². The maximum Gasteiger partial charge on any atom is 0.332 e. The van der Waals surface area contributed by atoms with E-state index in [2.05, 4.69) is 10.5 Å². The molecule has 0 saturated heterocycles. The number of furan rings is 1. The Hall–Kier alpha value is -2.39. The number of carbonyl (C=O) groups is 1. The molecule has 0 bridgehead atoms. The summed E-state index contributed by atoms with van der Waals surface area (Å²) in [6, 6.07) is 2.54. The molecule has 1 unspecified atom stereocenters. The number of rotatable bonds is 3. The van der Waals surface area contributed by atoms with Crippen molar-refractivity contribution in [2.24, 2.45) is 10.8 Å². The van der Waals surface area contributed by atoms with E-state index in [0.29, 0.717) is 16.3 Å². The van der Waals surface area contributed by atoms with E-state index in [-0.39, 0.29) is 11.4 Å². The van der Waals surface area contributed by atoms with Crippen LogP contribution < -0.4 is 11.2 Å². The van der Waals surface area contributed by atoms with Gasteiger partial charge in [0.05, 0.1) is 0 Å². The fraction of sp³-hybridized carbons (Fsp3) is 0.500. The van der Waals surface area contributed by atoms with Crippen molar-refractivity contribution in [3.63, 3.8) is 0 Å². The lowest BCUT2D eigenvalue weighted by Crippen LogP contribution is -2.57. The molecule has 0 fully saturated rings. The molecule has 9 heteroatoms. The van der Waals surface area contributed by atoms with Crippen LogP contribution in [0.25, 0.3) is 0 Å². The number of primary amides is 1. The molecule has 9 nitrogen and oxygen atoms in total. The minimum Gasteiger partial charge on any atom is -0.622 e. The number of nitrogens with zero attached hydrogens (tertiary/aromatic N) is 3. The molecular weight excluding hydrogens is 302 g/mol. The molecule has 23 heavy (non-hydrogen) atoms. The number of hydroxylamine groups is 3. The molecule has 2 heterocycles. The molecule has 2 amide bonds. The molecule has 1 aromatic heterocycles. The predicted molar refractivity (Wildman–Crippen MR) is 83.1 cm³/mol. The molecular formula is C14H21N5O4. The lowest BCUT2D eigenvalue weighted by molar-refractivity contribution is -0.560. The van der Waals surface area contributed by atoms with Crippen LogP contribution in [-0.4, -0.2) is 43.7 Å². The van der Waals surface area contributed by atoms with E-state index in [0.717, 1.165) is 5.06 Å². The normalized spacial score (nSPS) is 25.0. The molecule has 126 valence electrons. The number of aryl methyl sites for hydroxylation is 1. The highest BCUT2D eigenvalue weighted by atomic mass is 16.6. The Morgan fingerprint density at radius 3 is 2.57 bits per heavy atom. The number of hydrogen-bond acceptors (Lipinski definition) is 6. The van der Waals surface area contributed by atoms with Crippen molar-refractivity contribution in [2.45, 2.75) is 45.8 Å². The van der Waals surface area contributed by atoms with Crippen molar-refractivity contribution >= 4 is 17.5 Å². The van der Waals surface area contributed by atoms with Crippen LogP contribution in [0, 0.1) is 12.1 Å². The Morgan fingerprint density at radius 2 is 2.09 bits per heavy atom. The molecule has 0 spiro atoms. The summed E-state index contributed by atoms with van der Waals surface area (Å²) in [5.41, 5.74) is 4.90. The average Bonchev–Trinajstić information content (AvgIpc) is 2.92. The highest BCUT2D eigenvalue weighted by Crippen LogP contribution is 2.36. The molecule has 0 saturated carbocycles. The van der Waals surface area contributed by atoms with Gasteiger partial charge in [0.15, 0.2) is 5.76 Å². The number of hydrazone groups is 1. The zero-order chi connectivity index (χ0) is 17.6. The second-order valence-corrected chi connectivity index (χ2v) is 6.12. The maximum atomic E-state index is 12.9. The second kappa shape index (κ2) is 5.36. The Bertz CT molecular complexity index is 706. The summed E-state index contributed by atoms with van der Waals surface area (Å²) < 4.78 is 6.18. The fourth-order valence-electron chi connectivity index (χ4n) is 2.71. The van der Waals surface area contributed by atoms with E-state index >= 15 is 0 Å². The summed E-state index contributed by atoms with van der Waals surface area (Å²) in [6.07, 6.45) is 0. The van der Waals surface area contributed by atoms with Gasteiger partial charge in [-0.1, -0.05) is 0 Å². The van der Waals surface area contributed by atoms with E-state index in [4.69, 9.17) is 10.2 Å². The topological polar surface area (TPSA) is 130 Å². The molecule has 1 atom stereocenters. The third-order valence-electron chi connectivity index (χ3n) is 4.11. The van der Waals surface area contributed by atoms with Gasteiger partial charge < -0.3 is 20.6 Å². The van der Waals surface area contributed by atoms with Crippen LogP contribution in [0.15, 0.2) is 21.7 Å². The van der Waals surface area contributed by atoms with Crippen molar-refractivity contribution in [3.05, 3.63) is 28.9 Å². The molecule has 2 rings (SSSR count).